The maximum Gasteiger partial charge on any atom is 0.325 e. The Morgan fingerprint density at radius 3 is 2.62 bits per heavy atom. The molecule has 1 unspecified atom stereocenters. The van der Waals surface area contributed by atoms with Crippen molar-refractivity contribution in [2.24, 2.45) is 5.73 Å². The molecular weight excluding hydrogens is 232 g/mol. The summed E-state index contributed by atoms with van der Waals surface area (Å²) in [6.07, 6.45) is 2.14. The number of carboxylic acids is 1. The van der Waals surface area contributed by atoms with Crippen LogP contribution in [0, 0.1) is 0 Å². The molecule has 1 heterocycles. The number of nitrogens with two attached hydrogens (primary N) is 1. The van der Waals surface area contributed by atoms with Crippen molar-refractivity contribution in [3.8, 4) is 0 Å². The van der Waals surface area contributed by atoms with E-state index in [1.807, 2.05) is 4.90 Å². The molecule has 0 aliphatic carbocycles. The van der Waals surface area contributed by atoms with Crippen molar-refractivity contribution < 1.29 is 18.3 Å². The van der Waals surface area contributed by atoms with Gasteiger partial charge in [0.05, 0.1) is 5.75 Å². The second-order valence-corrected chi connectivity index (χ2v) is 6.73. The first-order valence-corrected chi connectivity index (χ1v) is 7.21. The molecule has 0 saturated carbocycles. The number of likely N-dealkylation sites (tertiary alicyclic amines) is 1. The minimum absolute atomic E-state index is 0.133. The number of aliphatic carboxylic acids is 1. The summed E-state index contributed by atoms with van der Waals surface area (Å²) >= 11 is 0. The van der Waals surface area contributed by atoms with Crippen LogP contribution >= 0.6 is 0 Å². The van der Waals surface area contributed by atoms with E-state index in [9.17, 15) is 13.2 Å². The molecular formula is C9H18N2O4S. The molecule has 1 fully saturated rings. The third-order valence-corrected chi connectivity index (χ3v) is 3.83. The molecule has 3 N–H and O–H groups in total. The summed E-state index contributed by atoms with van der Waals surface area (Å²) in [5.74, 6) is -0.855. The van der Waals surface area contributed by atoms with Crippen molar-refractivity contribution in [3.63, 3.8) is 0 Å². The Bertz CT molecular complexity index is 368. The molecule has 0 aromatic rings. The van der Waals surface area contributed by atoms with Crippen LogP contribution in [0.15, 0.2) is 0 Å². The highest BCUT2D eigenvalue weighted by Gasteiger charge is 2.40. The maximum atomic E-state index is 10.9. The Hall–Kier alpha value is -0.660. The highest BCUT2D eigenvalue weighted by atomic mass is 32.2. The number of sulfone groups is 1. The summed E-state index contributed by atoms with van der Waals surface area (Å²) in [6.45, 7) is 1.50. The van der Waals surface area contributed by atoms with Gasteiger partial charge in [0, 0.05) is 19.3 Å². The van der Waals surface area contributed by atoms with Gasteiger partial charge in [-0.2, -0.15) is 0 Å². The van der Waals surface area contributed by atoms with E-state index in [-0.39, 0.29) is 5.75 Å². The third-order valence-electron chi connectivity index (χ3n) is 2.80. The number of hydrogen-bond acceptors (Lipinski definition) is 5. The predicted molar refractivity (Wildman–Crippen MR) is 59.9 cm³/mol. The largest absolute Gasteiger partial charge is 0.480 e. The first-order chi connectivity index (χ1) is 7.23. The summed E-state index contributed by atoms with van der Waals surface area (Å²) in [5, 5.41) is 8.90. The second kappa shape index (κ2) is 4.68. The number of hydrogen-bond donors (Lipinski definition) is 2. The maximum absolute atomic E-state index is 10.9. The van der Waals surface area contributed by atoms with E-state index in [1.54, 1.807) is 0 Å². The lowest BCUT2D eigenvalue weighted by Gasteiger charge is -2.19. The highest BCUT2D eigenvalue weighted by Crippen LogP contribution is 2.18. The molecule has 0 radical (unpaired) electrons. The van der Waals surface area contributed by atoms with Crippen molar-refractivity contribution in [1.82, 2.24) is 4.90 Å². The van der Waals surface area contributed by atoms with Crippen LogP contribution in [0.2, 0.25) is 0 Å². The van der Waals surface area contributed by atoms with Gasteiger partial charge in [-0.25, -0.2) is 8.42 Å². The van der Waals surface area contributed by atoms with Crippen LogP contribution in [0.1, 0.15) is 12.8 Å². The fourth-order valence-electron chi connectivity index (χ4n) is 1.83. The summed E-state index contributed by atoms with van der Waals surface area (Å²) in [7, 11) is -2.94. The number of nitrogens with zero attached hydrogens (tertiary/aromatic N) is 1. The number of carboxylic acid groups (broad SMARTS) is 1. The van der Waals surface area contributed by atoms with Gasteiger partial charge in [-0.05, 0) is 19.4 Å². The monoisotopic (exact) mass is 250 g/mol. The molecule has 0 amide bonds. The van der Waals surface area contributed by atoms with Crippen LogP contribution in [-0.4, -0.2) is 61.6 Å². The summed E-state index contributed by atoms with van der Waals surface area (Å²) in [5.41, 5.74) is 4.53. The van der Waals surface area contributed by atoms with Crippen molar-refractivity contribution in [3.05, 3.63) is 0 Å². The van der Waals surface area contributed by atoms with Crippen LogP contribution < -0.4 is 5.73 Å². The fraction of sp³-hybridized carbons (Fsp3) is 0.889. The van der Waals surface area contributed by atoms with E-state index < -0.39 is 21.3 Å². The van der Waals surface area contributed by atoms with Gasteiger partial charge in [0.2, 0.25) is 0 Å². The first-order valence-electron chi connectivity index (χ1n) is 5.15. The molecule has 16 heavy (non-hydrogen) atoms. The zero-order valence-electron chi connectivity index (χ0n) is 9.35. The quantitative estimate of drug-likeness (QED) is 0.643. The topological polar surface area (TPSA) is 101 Å². The Kier molecular flexibility index (Phi) is 3.92. The molecule has 1 rings (SSSR count). The summed E-state index contributed by atoms with van der Waals surface area (Å²) < 4.78 is 21.8. The average molecular weight is 250 g/mol. The van der Waals surface area contributed by atoms with Crippen LogP contribution in [0.3, 0.4) is 0 Å². The molecule has 1 aliphatic heterocycles. The predicted octanol–water partition coefficient (Wildman–Crippen LogP) is -1.09. The molecule has 1 atom stereocenters. The van der Waals surface area contributed by atoms with E-state index in [4.69, 9.17) is 10.8 Å². The fourth-order valence-corrected chi connectivity index (χ4v) is 2.48. The van der Waals surface area contributed by atoms with E-state index >= 15 is 0 Å². The molecule has 0 aromatic heterocycles. The number of carbonyl (C=O) groups is 1. The minimum Gasteiger partial charge on any atom is -0.480 e. The van der Waals surface area contributed by atoms with E-state index in [1.165, 1.54) is 6.26 Å². The van der Waals surface area contributed by atoms with Gasteiger partial charge in [0.15, 0.2) is 0 Å². The van der Waals surface area contributed by atoms with Gasteiger partial charge in [-0.3, -0.25) is 4.79 Å². The lowest BCUT2D eigenvalue weighted by molar-refractivity contribution is -0.142. The molecule has 0 aromatic carbocycles. The molecule has 0 spiro atoms. The highest BCUT2D eigenvalue weighted by molar-refractivity contribution is 7.90. The Labute approximate surface area is 95.3 Å². The van der Waals surface area contributed by atoms with Crippen LogP contribution in [0.25, 0.3) is 0 Å². The smallest absolute Gasteiger partial charge is 0.325 e. The zero-order valence-corrected chi connectivity index (χ0v) is 10.2. The Morgan fingerprint density at radius 2 is 2.19 bits per heavy atom. The number of rotatable bonds is 5. The van der Waals surface area contributed by atoms with E-state index in [2.05, 4.69) is 0 Å². The SMILES string of the molecule is CS(=O)(=O)CCCN1CCC(N)(C(=O)O)C1. The lowest BCUT2D eigenvalue weighted by Crippen LogP contribution is -2.50. The van der Waals surface area contributed by atoms with Gasteiger partial charge in [0.1, 0.15) is 15.4 Å². The van der Waals surface area contributed by atoms with Gasteiger partial charge >= 0.3 is 5.97 Å². The molecule has 94 valence electrons. The van der Waals surface area contributed by atoms with Gasteiger partial charge in [-0.1, -0.05) is 0 Å². The van der Waals surface area contributed by atoms with Gasteiger partial charge in [-0.15, -0.1) is 0 Å². The van der Waals surface area contributed by atoms with Crippen molar-refractivity contribution in [2.45, 2.75) is 18.4 Å². The Balaban J connectivity index is 2.35. The van der Waals surface area contributed by atoms with Gasteiger partial charge in [0.25, 0.3) is 0 Å². The summed E-state index contributed by atoms with van der Waals surface area (Å²) in [4.78, 5) is 12.8. The molecule has 1 saturated heterocycles. The Morgan fingerprint density at radius 1 is 1.56 bits per heavy atom. The lowest BCUT2D eigenvalue weighted by atomic mass is 10.0. The van der Waals surface area contributed by atoms with E-state index in [0.717, 1.165) is 0 Å². The van der Waals surface area contributed by atoms with Crippen molar-refractivity contribution >= 4 is 15.8 Å². The standard InChI is InChI=1S/C9H18N2O4S/c1-16(14,15)6-2-4-11-5-3-9(10,7-11)8(12)13/h2-7,10H2,1H3,(H,12,13). The van der Waals surface area contributed by atoms with Crippen LogP contribution in [0.4, 0.5) is 0 Å². The van der Waals surface area contributed by atoms with Crippen LogP contribution in [-0.2, 0) is 14.6 Å². The molecule has 0 bridgehead atoms. The van der Waals surface area contributed by atoms with Crippen molar-refractivity contribution in [1.29, 1.82) is 0 Å². The van der Waals surface area contributed by atoms with Crippen LogP contribution in [0.5, 0.6) is 0 Å². The first kappa shape index (κ1) is 13.4. The van der Waals surface area contributed by atoms with E-state index in [0.29, 0.717) is 32.5 Å². The van der Waals surface area contributed by atoms with Crippen molar-refractivity contribution in [2.75, 3.05) is 31.6 Å². The molecule has 7 heteroatoms. The third kappa shape index (κ3) is 3.73. The zero-order chi connectivity index (χ0) is 12.4. The summed E-state index contributed by atoms with van der Waals surface area (Å²) in [6, 6.07) is 0. The average Bonchev–Trinajstić information content (AvgIpc) is 2.47. The molecule has 6 nitrogen and oxygen atoms in total. The molecule has 1 aliphatic rings. The normalized spacial score (nSPS) is 27.1. The van der Waals surface area contributed by atoms with Gasteiger partial charge < -0.3 is 15.7 Å². The minimum atomic E-state index is -2.94. The second-order valence-electron chi connectivity index (χ2n) is 4.47.